The van der Waals surface area contributed by atoms with Crippen LogP contribution in [-0.4, -0.2) is 56.9 Å². The summed E-state index contributed by atoms with van der Waals surface area (Å²) in [5.41, 5.74) is -0.260. The first-order valence-corrected chi connectivity index (χ1v) is 10.3. The Bertz CT molecular complexity index is 736. The minimum atomic E-state index is -3.63. The number of benzene rings is 1. The van der Waals surface area contributed by atoms with Gasteiger partial charge in [-0.1, -0.05) is 11.6 Å². The Hall–Kier alpha value is -1.15. The van der Waals surface area contributed by atoms with Crippen LogP contribution < -0.4 is 10.2 Å². The monoisotopic (exact) mass is 388 g/mol. The number of nitrogens with zero attached hydrogens (tertiary/aromatic N) is 1. The van der Waals surface area contributed by atoms with Crippen molar-refractivity contribution >= 4 is 27.5 Å². The van der Waals surface area contributed by atoms with Crippen LogP contribution in [0.5, 0.6) is 0 Å². The highest BCUT2D eigenvalue weighted by atomic mass is 35.5. The quantitative estimate of drug-likeness (QED) is 0.800. The zero-order valence-corrected chi connectivity index (χ0v) is 16.8. The SMILES string of the molecule is CC[NH+]1CCN(S(=O)(=O)c2ccc(Cl)c(C(=O)NC(C)(C)C)c2)CC1. The van der Waals surface area contributed by atoms with Crippen molar-refractivity contribution in [2.75, 3.05) is 32.7 Å². The highest BCUT2D eigenvalue weighted by molar-refractivity contribution is 7.89. The van der Waals surface area contributed by atoms with Gasteiger partial charge in [0.2, 0.25) is 10.0 Å². The molecule has 0 spiro atoms. The lowest BCUT2D eigenvalue weighted by molar-refractivity contribution is -0.901. The normalized spacial score (nSPS) is 17.5. The molecule has 140 valence electrons. The van der Waals surface area contributed by atoms with Crippen LogP contribution in [-0.2, 0) is 10.0 Å². The van der Waals surface area contributed by atoms with Crippen LogP contribution in [0.4, 0.5) is 0 Å². The van der Waals surface area contributed by atoms with Gasteiger partial charge in [-0.25, -0.2) is 8.42 Å². The van der Waals surface area contributed by atoms with Crippen LogP contribution >= 0.6 is 11.6 Å². The number of piperazine rings is 1. The summed E-state index contributed by atoms with van der Waals surface area (Å²) in [6.07, 6.45) is 0. The van der Waals surface area contributed by atoms with Gasteiger partial charge in [0.15, 0.2) is 0 Å². The summed E-state index contributed by atoms with van der Waals surface area (Å²) in [4.78, 5) is 13.9. The van der Waals surface area contributed by atoms with Gasteiger partial charge in [-0.3, -0.25) is 4.79 Å². The Morgan fingerprint density at radius 2 is 1.88 bits per heavy atom. The van der Waals surface area contributed by atoms with Crippen molar-refractivity contribution < 1.29 is 18.1 Å². The molecular weight excluding hydrogens is 362 g/mol. The smallest absolute Gasteiger partial charge is 0.253 e. The summed E-state index contributed by atoms with van der Waals surface area (Å²) < 4.78 is 27.3. The van der Waals surface area contributed by atoms with Crippen molar-refractivity contribution in [1.29, 1.82) is 0 Å². The lowest BCUT2D eigenvalue weighted by atomic mass is 10.1. The fraction of sp³-hybridized carbons (Fsp3) is 0.588. The topological polar surface area (TPSA) is 70.9 Å². The Labute approximate surface area is 155 Å². The van der Waals surface area contributed by atoms with Gasteiger partial charge in [0, 0.05) is 5.54 Å². The molecule has 1 aromatic rings. The maximum atomic E-state index is 12.9. The van der Waals surface area contributed by atoms with E-state index in [1.807, 2.05) is 20.8 Å². The molecule has 6 nitrogen and oxygen atoms in total. The third-order valence-electron chi connectivity index (χ3n) is 4.24. The van der Waals surface area contributed by atoms with Crippen LogP contribution in [0.2, 0.25) is 5.02 Å². The lowest BCUT2D eigenvalue weighted by Gasteiger charge is -2.31. The number of quaternary nitrogens is 1. The summed E-state index contributed by atoms with van der Waals surface area (Å²) in [7, 11) is -3.63. The second-order valence-corrected chi connectivity index (χ2v) is 9.70. The summed E-state index contributed by atoms with van der Waals surface area (Å²) in [6, 6.07) is 4.31. The first-order chi connectivity index (χ1) is 11.5. The van der Waals surface area contributed by atoms with Gasteiger partial charge in [-0.2, -0.15) is 4.31 Å². The maximum Gasteiger partial charge on any atom is 0.253 e. The summed E-state index contributed by atoms with van der Waals surface area (Å²) in [5, 5.41) is 3.05. The van der Waals surface area contributed by atoms with E-state index >= 15 is 0 Å². The molecule has 2 N–H and O–H groups in total. The van der Waals surface area contributed by atoms with Gasteiger partial charge in [0.1, 0.15) is 0 Å². The van der Waals surface area contributed by atoms with E-state index in [4.69, 9.17) is 11.6 Å². The molecule has 0 bridgehead atoms. The van der Waals surface area contributed by atoms with Crippen LogP contribution in [0, 0.1) is 0 Å². The van der Waals surface area contributed by atoms with Crippen molar-refractivity contribution in [3.05, 3.63) is 28.8 Å². The van der Waals surface area contributed by atoms with Crippen LogP contribution in [0.25, 0.3) is 0 Å². The highest BCUT2D eigenvalue weighted by Crippen LogP contribution is 2.23. The number of amides is 1. The van der Waals surface area contributed by atoms with Crippen molar-refractivity contribution in [2.45, 2.75) is 38.1 Å². The van der Waals surface area contributed by atoms with Crippen molar-refractivity contribution in [2.24, 2.45) is 0 Å². The number of likely N-dealkylation sites (N-methyl/N-ethyl adjacent to an activating group) is 1. The van der Waals surface area contributed by atoms with E-state index in [0.717, 1.165) is 19.6 Å². The molecule has 8 heteroatoms. The van der Waals surface area contributed by atoms with Gasteiger partial charge in [0.05, 0.1) is 48.2 Å². The largest absolute Gasteiger partial charge is 0.347 e. The Kier molecular flexibility index (Phi) is 6.14. The second kappa shape index (κ2) is 7.61. The van der Waals surface area contributed by atoms with E-state index in [1.54, 1.807) is 0 Å². The van der Waals surface area contributed by atoms with Crippen LogP contribution in [0.3, 0.4) is 0 Å². The predicted octanol–water partition coefficient (Wildman–Crippen LogP) is 0.777. The minimum absolute atomic E-state index is 0.107. The molecular formula is C17H27ClN3O3S+. The molecule has 1 heterocycles. The number of halogens is 1. The molecule has 0 saturated carbocycles. The van der Waals surface area contributed by atoms with Crippen LogP contribution in [0.1, 0.15) is 38.1 Å². The molecule has 1 aliphatic heterocycles. The number of carbonyl (C=O) groups excluding carboxylic acids is 1. The standard InChI is InChI=1S/C17H26ClN3O3S/c1-5-20-8-10-21(11-9-20)25(23,24)13-6-7-15(18)14(12-13)16(22)19-17(2,3)4/h6-7,12H,5,8-11H2,1-4H3,(H,19,22)/p+1. The molecule has 1 amide bonds. The molecule has 0 aliphatic carbocycles. The summed E-state index contributed by atoms with van der Waals surface area (Å²) in [5.74, 6) is -0.380. The van der Waals surface area contributed by atoms with E-state index < -0.39 is 15.6 Å². The molecule has 1 saturated heterocycles. The molecule has 2 rings (SSSR count). The number of nitrogens with one attached hydrogen (secondary N) is 2. The molecule has 25 heavy (non-hydrogen) atoms. The van der Waals surface area contributed by atoms with E-state index in [9.17, 15) is 13.2 Å². The fourth-order valence-electron chi connectivity index (χ4n) is 2.79. The molecule has 0 unspecified atom stereocenters. The fourth-order valence-corrected chi connectivity index (χ4v) is 4.46. The van der Waals surface area contributed by atoms with Gasteiger partial charge in [0.25, 0.3) is 5.91 Å². The molecule has 0 atom stereocenters. The number of rotatable bonds is 4. The van der Waals surface area contributed by atoms with Crippen LogP contribution in [0.15, 0.2) is 23.1 Å². The minimum Gasteiger partial charge on any atom is -0.347 e. The maximum absolute atomic E-state index is 12.9. The van der Waals surface area contributed by atoms with Crippen molar-refractivity contribution in [3.63, 3.8) is 0 Å². The molecule has 1 aliphatic rings. The average Bonchev–Trinajstić information content (AvgIpc) is 2.53. The zero-order chi connectivity index (χ0) is 18.8. The Morgan fingerprint density at radius 1 is 1.28 bits per heavy atom. The third-order valence-corrected chi connectivity index (χ3v) is 6.46. The first-order valence-electron chi connectivity index (χ1n) is 8.50. The van der Waals surface area contributed by atoms with Gasteiger partial charge in [-0.15, -0.1) is 0 Å². The zero-order valence-electron chi connectivity index (χ0n) is 15.2. The van der Waals surface area contributed by atoms with Gasteiger partial charge >= 0.3 is 0 Å². The molecule has 1 fully saturated rings. The summed E-state index contributed by atoms with van der Waals surface area (Å²) >= 11 is 6.12. The first kappa shape index (κ1) is 20.2. The van der Waals surface area contributed by atoms with E-state index in [-0.39, 0.29) is 21.4 Å². The number of carbonyl (C=O) groups is 1. The Morgan fingerprint density at radius 3 is 2.40 bits per heavy atom. The second-order valence-electron chi connectivity index (χ2n) is 7.35. The van der Waals surface area contributed by atoms with Crippen molar-refractivity contribution in [1.82, 2.24) is 9.62 Å². The highest BCUT2D eigenvalue weighted by Gasteiger charge is 2.31. The van der Waals surface area contributed by atoms with E-state index in [2.05, 4.69) is 12.2 Å². The molecule has 0 radical (unpaired) electrons. The predicted molar refractivity (Wildman–Crippen MR) is 98.7 cm³/mol. The summed E-state index contributed by atoms with van der Waals surface area (Å²) in [6.45, 7) is 11.2. The molecule has 0 aromatic heterocycles. The average molecular weight is 389 g/mol. The van der Waals surface area contributed by atoms with E-state index in [0.29, 0.717) is 13.1 Å². The molecule has 1 aromatic carbocycles. The third kappa shape index (κ3) is 4.94. The van der Waals surface area contributed by atoms with Crippen molar-refractivity contribution in [3.8, 4) is 0 Å². The number of hydrogen-bond donors (Lipinski definition) is 2. The number of sulfonamides is 1. The lowest BCUT2D eigenvalue weighted by Crippen LogP contribution is -3.14. The van der Waals surface area contributed by atoms with Gasteiger partial charge in [-0.05, 0) is 45.9 Å². The Balaban J connectivity index is 2.27. The number of hydrogen-bond acceptors (Lipinski definition) is 3. The van der Waals surface area contributed by atoms with Gasteiger partial charge < -0.3 is 10.2 Å². The van der Waals surface area contributed by atoms with E-state index in [1.165, 1.54) is 27.4 Å².